The van der Waals surface area contributed by atoms with E-state index in [1.54, 1.807) is 0 Å². The molecule has 0 amide bonds. The van der Waals surface area contributed by atoms with Gasteiger partial charge in [0, 0.05) is 11.4 Å². The van der Waals surface area contributed by atoms with Gasteiger partial charge in [0.2, 0.25) is 34.4 Å². The Balaban J connectivity index is 0.00000888. The average Bonchev–Trinajstić information content (AvgIpc) is 3.18. The molecule has 0 bridgehead atoms. The summed E-state index contributed by atoms with van der Waals surface area (Å²) in [7, 11) is -31.7. The van der Waals surface area contributed by atoms with Crippen LogP contribution >= 0.6 is 23.2 Å². The smallest absolute Gasteiger partial charge is 0.744 e. The van der Waals surface area contributed by atoms with Crippen LogP contribution in [-0.4, -0.2) is 108 Å². The first-order valence-electron chi connectivity index (χ1n) is 17.1. The number of anilines is 8. The van der Waals surface area contributed by atoms with Gasteiger partial charge in [-0.25, -0.2) is 50.5 Å². The maximum absolute atomic E-state index is 12.4. The molecule has 0 saturated heterocycles. The van der Waals surface area contributed by atoms with Gasteiger partial charge in [0.05, 0.1) is 40.7 Å². The Morgan fingerprint density at radius 2 is 0.635 bits per heavy atom. The van der Waals surface area contributed by atoms with Gasteiger partial charge in [-0.3, -0.25) is 0 Å². The van der Waals surface area contributed by atoms with Gasteiger partial charge in [0.15, 0.2) is 0 Å². The van der Waals surface area contributed by atoms with E-state index in [0.717, 1.165) is 48.6 Å². The fraction of sp³-hybridized carbons (Fsp3) is 0. The Kier molecular flexibility index (Phi) is 33.3. The van der Waals surface area contributed by atoms with E-state index in [9.17, 15) is 77.8 Å². The van der Waals surface area contributed by atoms with Gasteiger partial charge in [-0.15, -0.1) is 0 Å². The van der Waals surface area contributed by atoms with E-state index in [2.05, 4.69) is 51.2 Å². The van der Waals surface area contributed by atoms with Crippen LogP contribution in [0, 0.1) is 0 Å². The van der Waals surface area contributed by atoms with E-state index < -0.39 is 136 Å². The summed E-state index contributed by atoms with van der Waals surface area (Å²) in [6, 6.07) is 9.12. The van der Waals surface area contributed by atoms with Crippen molar-refractivity contribution in [1.82, 2.24) is 29.9 Å². The third kappa shape index (κ3) is 22.6. The molecule has 0 spiro atoms. The van der Waals surface area contributed by atoms with Crippen LogP contribution in [-0.2, 0) is 60.7 Å². The largest absolute Gasteiger partial charge is 1.00 e. The second-order valence-electron chi connectivity index (χ2n) is 12.9. The Labute approximate surface area is 686 Å². The van der Waals surface area contributed by atoms with Crippen LogP contribution in [0.3, 0.4) is 0 Å². The number of benzene rings is 4. The van der Waals surface area contributed by atoms with Crippen molar-refractivity contribution in [1.29, 1.82) is 0 Å². The van der Waals surface area contributed by atoms with Crippen LogP contribution in [0.2, 0.25) is 10.6 Å². The quantitative estimate of drug-likeness (QED) is 0.0397. The van der Waals surface area contributed by atoms with Crippen LogP contribution in [0.5, 0.6) is 0 Å². The van der Waals surface area contributed by atoms with Gasteiger partial charge in [-0.2, -0.15) is 29.9 Å². The molecule has 74 heavy (non-hydrogen) atoms. The summed E-state index contributed by atoms with van der Waals surface area (Å²) in [6.07, 6.45) is 1.89. The van der Waals surface area contributed by atoms with Crippen molar-refractivity contribution in [3.8, 4) is 0 Å². The molecule has 42 heteroatoms. The van der Waals surface area contributed by atoms with Gasteiger partial charge in [-0.05, 0) is 95.0 Å². The molecule has 4 aromatic carbocycles. The molecule has 0 radical (unpaired) electrons. The third-order valence-corrected chi connectivity index (χ3v) is 13.8. The zero-order chi connectivity index (χ0) is 50.4. The molecule has 2 aromatic heterocycles. The Bertz CT molecular complexity index is 3580. The predicted octanol–water partition coefficient (Wildman–Crippen LogP) is -16.0. The molecule has 0 aliphatic carbocycles. The van der Waals surface area contributed by atoms with Crippen molar-refractivity contribution < 1.29 is 386 Å². The summed E-state index contributed by atoms with van der Waals surface area (Å²) >= 11 is 11.9. The van der Waals surface area contributed by atoms with E-state index in [0.29, 0.717) is 36.4 Å². The molecule has 4 N–H and O–H groups in total. The minimum Gasteiger partial charge on any atom is -0.744 e. The summed E-state index contributed by atoms with van der Waals surface area (Å²) in [6.45, 7) is 0. The standard InChI is InChI=1S/C32H24Cl2N10O18S6.6K/c33-27-39-29(43-31(41-27)37-21-13-19(63(45,46)47)7-9-23(21)65(51,52)53)35-17-5-3-15(25(11-17)67(57,58)59)1-2-16-4-6-18(12-26(16)68(60,61)62)36-30-40-28(34)42-32(44-30)38-22-14-20(64(48,49)50)8-10-24(22)66(54,55)56;;;;;;/h1-14H,(H,45,46,47)(H,48,49,50)(H,51,52,53)(H,54,55,56)(H,57,58,59)(H,60,61,62)(H2,35,37,39,41,43)(H2,36,38,40,42,44);;;;;;/q;6*+1/p-6. The molecular weight excluding hydrogens is 1310 g/mol. The van der Waals surface area contributed by atoms with E-state index in [-0.39, 0.29) is 331 Å². The normalized spacial score (nSPS) is 11.7. The first kappa shape index (κ1) is 77.7. The van der Waals surface area contributed by atoms with Crippen molar-refractivity contribution in [3.05, 3.63) is 94.5 Å². The number of rotatable bonds is 16. The molecule has 6 aromatic rings. The third-order valence-electron chi connectivity index (χ3n) is 8.25. The van der Waals surface area contributed by atoms with E-state index in [1.807, 2.05) is 0 Å². The number of nitrogens with one attached hydrogen (secondary N) is 4. The molecule has 0 unspecified atom stereocenters. The molecule has 360 valence electrons. The zero-order valence-corrected chi connectivity index (χ0v) is 63.5. The zero-order valence-electron chi connectivity index (χ0n) is 38.3. The summed E-state index contributed by atoms with van der Waals surface area (Å²) in [5.74, 6) is -2.34. The SMILES string of the molecule is O=S(=O)([O-])c1ccc(S(=O)(=O)[O-])c(Nc2nc(Cl)nc(Nc3ccc(C=Cc4ccc(Nc5nc(Cl)nc(Nc6cc(S(=O)(=O)[O-])ccc6S(=O)(=O)[O-])n5)cc4S(=O)(=O)[O-])c(S(=O)(=O)[O-])c3)n2)c1.[K+].[K+].[K+].[K+].[K+].[K+]. The molecule has 0 atom stereocenters. The summed E-state index contributed by atoms with van der Waals surface area (Å²) < 4.78 is 215. The van der Waals surface area contributed by atoms with Gasteiger partial charge in [-0.1, -0.05) is 24.3 Å². The summed E-state index contributed by atoms with van der Waals surface area (Å²) in [4.78, 5) is 16.8. The maximum atomic E-state index is 12.4. The van der Waals surface area contributed by atoms with Gasteiger partial charge in [0.25, 0.3) is 0 Å². The van der Waals surface area contributed by atoms with Crippen LogP contribution in [0.25, 0.3) is 12.2 Å². The molecular formula is C32H18Cl2K6N10O18S6. The number of halogens is 2. The summed E-state index contributed by atoms with van der Waals surface area (Å²) in [5.41, 5.74) is -2.74. The number of hydrogen-bond acceptors (Lipinski definition) is 28. The van der Waals surface area contributed by atoms with Gasteiger partial charge < -0.3 is 48.6 Å². The maximum Gasteiger partial charge on any atom is 1.00 e. The fourth-order valence-electron chi connectivity index (χ4n) is 5.50. The van der Waals surface area contributed by atoms with E-state index in [1.165, 1.54) is 0 Å². The first-order valence-corrected chi connectivity index (χ1v) is 26.4. The minimum absolute atomic E-state index is 0. The average molecular weight is 1330 g/mol. The van der Waals surface area contributed by atoms with Crippen LogP contribution < -0.4 is 330 Å². The van der Waals surface area contributed by atoms with Crippen molar-refractivity contribution in [2.45, 2.75) is 29.4 Å². The second kappa shape index (κ2) is 31.7. The van der Waals surface area contributed by atoms with Crippen LogP contribution in [0.4, 0.5) is 46.5 Å². The minimum atomic E-state index is -5.37. The van der Waals surface area contributed by atoms with Crippen molar-refractivity contribution in [2.24, 2.45) is 0 Å². The predicted molar refractivity (Wildman–Crippen MR) is 225 cm³/mol. The van der Waals surface area contributed by atoms with Gasteiger partial charge >= 0.3 is 308 Å². The molecule has 0 fully saturated rings. The molecule has 6 rings (SSSR count). The van der Waals surface area contributed by atoms with Gasteiger partial charge in [0.1, 0.15) is 60.7 Å². The Morgan fingerprint density at radius 3 is 0.905 bits per heavy atom. The topological polar surface area (TPSA) is 469 Å². The summed E-state index contributed by atoms with van der Waals surface area (Å²) in [5, 5.41) is 8.19. The van der Waals surface area contributed by atoms with E-state index >= 15 is 0 Å². The van der Waals surface area contributed by atoms with Crippen molar-refractivity contribution in [2.75, 3.05) is 21.3 Å². The molecule has 0 aliphatic heterocycles. The van der Waals surface area contributed by atoms with Crippen molar-refractivity contribution in [3.63, 3.8) is 0 Å². The monoisotopic (exact) mass is 1330 g/mol. The molecule has 2 heterocycles. The number of aromatic nitrogens is 6. The Hall–Kier alpha value is 3.70. The van der Waals surface area contributed by atoms with E-state index in [4.69, 9.17) is 23.2 Å². The number of nitrogens with zero attached hydrogens (tertiary/aromatic N) is 6. The second-order valence-corrected chi connectivity index (χ2v) is 21.7. The van der Waals surface area contributed by atoms with Crippen molar-refractivity contribution >= 4 is 143 Å². The van der Waals surface area contributed by atoms with Crippen LogP contribution in [0.1, 0.15) is 11.1 Å². The molecule has 0 saturated carbocycles. The fourth-order valence-corrected chi connectivity index (χ4v) is 9.43. The molecule has 0 aliphatic rings. The first-order chi connectivity index (χ1) is 31.2. The van der Waals surface area contributed by atoms with Crippen LogP contribution in [0.15, 0.2) is 102 Å². The molecule has 28 nitrogen and oxygen atoms in total. The number of hydrogen-bond donors (Lipinski definition) is 4. The Morgan fingerprint density at radius 1 is 0.351 bits per heavy atom.